The van der Waals surface area contributed by atoms with Crippen LogP contribution in [0.3, 0.4) is 0 Å². The van der Waals surface area contributed by atoms with Crippen molar-refractivity contribution >= 4 is 5.69 Å². The summed E-state index contributed by atoms with van der Waals surface area (Å²) in [5.74, 6) is -0.149. The van der Waals surface area contributed by atoms with Crippen LogP contribution in [0.4, 0.5) is 10.1 Å². The van der Waals surface area contributed by atoms with E-state index in [1.165, 1.54) is 0 Å². The fraction of sp³-hybridized carbons (Fsp3) is 0.455. The third-order valence-corrected chi connectivity index (χ3v) is 2.89. The van der Waals surface area contributed by atoms with Crippen LogP contribution < -0.4 is 11.1 Å². The Labute approximate surface area is 83.3 Å². The quantitative estimate of drug-likeness (QED) is 0.672. The van der Waals surface area contributed by atoms with E-state index >= 15 is 0 Å². The SMILES string of the molecule is Cc1c(N)ccc([C@H]2CCCN2)c1F. The maximum Gasteiger partial charge on any atom is 0.132 e. The van der Waals surface area contributed by atoms with Crippen LogP contribution in [0.25, 0.3) is 0 Å². The van der Waals surface area contributed by atoms with Gasteiger partial charge in [-0.25, -0.2) is 4.39 Å². The summed E-state index contributed by atoms with van der Waals surface area (Å²) in [4.78, 5) is 0. The van der Waals surface area contributed by atoms with Crippen LogP contribution in [0, 0.1) is 12.7 Å². The molecule has 1 aromatic rings. The van der Waals surface area contributed by atoms with Crippen LogP contribution >= 0.6 is 0 Å². The van der Waals surface area contributed by atoms with Gasteiger partial charge in [-0.05, 0) is 32.4 Å². The molecule has 1 fully saturated rings. The molecule has 0 spiro atoms. The number of nitrogen functional groups attached to an aromatic ring is 1. The van der Waals surface area contributed by atoms with Crippen molar-refractivity contribution in [3.63, 3.8) is 0 Å². The van der Waals surface area contributed by atoms with E-state index in [9.17, 15) is 4.39 Å². The van der Waals surface area contributed by atoms with E-state index in [0.717, 1.165) is 24.9 Å². The molecule has 0 radical (unpaired) electrons. The van der Waals surface area contributed by atoms with Crippen LogP contribution in [0.5, 0.6) is 0 Å². The first kappa shape index (κ1) is 9.46. The fourth-order valence-electron chi connectivity index (χ4n) is 1.94. The summed E-state index contributed by atoms with van der Waals surface area (Å²) < 4.78 is 13.8. The predicted molar refractivity (Wildman–Crippen MR) is 55.5 cm³/mol. The lowest BCUT2D eigenvalue weighted by molar-refractivity contribution is 0.553. The van der Waals surface area contributed by atoms with Crippen molar-refractivity contribution in [2.24, 2.45) is 0 Å². The Kier molecular flexibility index (Phi) is 2.42. The number of benzene rings is 1. The number of hydrogen-bond donors (Lipinski definition) is 2. The summed E-state index contributed by atoms with van der Waals surface area (Å²) in [7, 11) is 0. The molecule has 0 saturated carbocycles. The maximum atomic E-state index is 13.8. The molecular weight excluding hydrogens is 179 g/mol. The molecule has 0 unspecified atom stereocenters. The van der Waals surface area contributed by atoms with Gasteiger partial charge >= 0.3 is 0 Å². The monoisotopic (exact) mass is 194 g/mol. The first-order chi connectivity index (χ1) is 6.70. The van der Waals surface area contributed by atoms with E-state index in [4.69, 9.17) is 5.73 Å². The van der Waals surface area contributed by atoms with Crippen molar-refractivity contribution in [2.75, 3.05) is 12.3 Å². The lowest BCUT2D eigenvalue weighted by Crippen LogP contribution is -2.15. The molecule has 2 nitrogen and oxygen atoms in total. The molecule has 0 bridgehead atoms. The average Bonchev–Trinajstić information content (AvgIpc) is 2.67. The fourth-order valence-corrected chi connectivity index (χ4v) is 1.94. The third kappa shape index (κ3) is 1.48. The molecule has 0 aromatic heterocycles. The Balaban J connectivity index is 2.38. The molecule has 1 saturated heterocycles. The number of rotatable bonds is 1. The smallest absolute Gasteiger partial charge is 0.132 e. The van der Waals surface area contributed by atoms with E-state index < -0.39 is 0 Å². The van der Waals surface area contributed by atoms with Crippen LogP contribution in [-0.4, -0.2) is 6.54 Å². The minimum absolute atomic E-state index is 0.149. The van der Waals surface area contributed by atoms with Crippen LogP contribution in [0.15, 0.2) is 12.1 Å². The zero-order valence-electron chi connectivity index (χ0n) is 8.31. The van der Waals surface area contributed by atoms with Gasteiger partial charge in [0.15, 0.2) is 0 Å². The average molecular weight is 194 g/mol. The molecular formula is C11H15FN2. The predicted octanol–water partition coefficient (Wildman–Crippen LogP) is 2.14. The van der Waals surface area contributed by atoms with Crippen LogP contribution in [0.1, 0.15) is 30.0 Å². The van der Waals surface area contributed by atoms with Gasteiger partial charge in [0.25, 0.3) is 0 Å². The third-order valence-electron chi connectivity index (χ3n) is 2.89. The van der Waals surface area contributed by atoms with E-state index in [1.54, 1.807) is 19.1 Å². The normalized spacial score (nSPS) is 21.4. The summed E-state index contributed by atoms with van der Waals surface area (Å²) in [6.45, 7) is 2.71. The zero-order chi connectivity index (χ0) is 10.1. The van der Waals surface area contributed by atoms with Crippen molar-refractivity contribution in [3.05, 3.63) is 29.1 Å². The molecule has 1 aromatic carbocycles. The van der Waals surface area contributed by atoms with E-state index in [-0.39, 0.29) is 11.9 Å². The van der Waals surface area contributed by atoms with Gasteiger partial charge in [0, 0.05) is 22.9 Å². The van der Waals surface area contributed by atoms with E-state index in [2.05, 4.69) is 5.32 Å². The summed E-state index contributed by atoms with van der Waals surface area (Å²) in [5.41, 5.74) is 7.48. The standard InChI is InChI=1S/C11H15FN2/c1-7-9(13)5-4-8(11(7)12)10-3-2-6-14-10/h4-5,10,14H,2-3,6,13H2,1H3/t10-/m1/s1. The molecule has 1 aliphatic rings. The van der Waals surface area contributed by atoms with Gasteiger partial charge in [0.2, 0.25) is 0 Å². The Morgan fingerprint density at radius 2 is 2.29 bits per heavy atom. The highest BCUT2D eigenvalue weighted by Crippen LogP contribution is 2.28. The van der Waals surface area contributed by atoms with Crippen molar-refractivity contribution < 1.29 is 4.39 Å². The summed E-state index contributed by atoms with van der Waals surface area (Å²) in [5, 5.41) is 3.28. The summed E-state index contributed by atoms with van der Waals surface area (Å²) >= 11 is 0. The molecule has 1 atom stereocenters. The zero-order valence-corrected chi connectivity index (χ0v) is 8.31. The number of halogens is 1. The van der Waals surface area contributed by atoms with Crippen molar-refractivity contribution in [1.82, 2.24) is 5.32 Å². The largest absolute Gasteiger partial charge is 0.398 e. The first-order valence-electron chi connectivity index (χ1n) is 4.98. The second-order valence-electron chi connectivity index (χ2n) is 3.83. The molecule has 76 valence electrons. The molecule has 1 heterocycles. The molecule has 1 aliphatic heterocycles. The molecule has 3 heteroatoms. The Hall–Kier alpha value is -1.09. The van der Waals surface area contributed by atoms with Gasteiger partial charge in [-0.3, -0.25) is 0 Å². The lowest BCUT2D eigenvalue weighted by Gasteiger charge is -2.14. The highest BCUT2D eigenvalue weighted by Gasteiger charge is 2.20. The molecule has 0 aliphatic carbocycles. The van der Waals surface area contributed by atoms with E-state index in [1.807, 2.05) is 0 Å². The second-order valence-corrected chi connectivity index (χ2v) is 3.83. The molecule has 3 N–H and O–H groups in total. The van der Waals surface area contributed by atoms with Crippen LogP contribution in [-0.2, 0) is 0 Å². The highest BCUT2D eigenvalue weighted by atomic mass is 19.1. The molecule has 14 heavy (non-hydrogen) atoms. The molecule has 0 amide bonds. The van der Waals surface area contributed by atoms with Crippen molar-refractivity contribution in [3.8, 4) is 0 Å². The second kappa shape index (κ2) is 3.58. The Morgan fingerprint density at radius 1 is 1.50 bits per heavy atom. The van der Waals surface area contributed by atoms with Crippen LogP contribution in [0.2, 0.25) is 0 Å². The van der Waals surface area contributed by atoms with Gasteiger partial charge in [-0.1, -0.05) is 6.07 Å². The number of anilines is 1. The van der Waals surface area contributed by atoms with E-state index in [0.29, 0.717) is 11.3 Å². The molecule has 2 rings (SSSR count). The Bertz CT molecular complexity index is 343. The van der Waals surface area contributed by atoms with Gasteiger partial charge in [0.1, 0.15) is 5.82 Å². The van der Waals surface area contributed by atoms with Gasteiger partial charge < -0.3 is 11.1 Å². The Morgan fingerprint density at radius 3 is 2.93 bits per heavy atom. The van der Waals surface area contributed by atoms with Gasteiger partial charge in [-0.2, -0.15) is 0 Å². The maximum absolute atomic E-state index is 13.8. The van der Waals surface area contributed by atoms with Gasteiger partial charge in [0.05, 0.1) is 0 Å². The summed E-state index contributed by atoms with van der Waals surface area (Å²) in [6, 6.07) is 3.75. The van der Waals surface area contributed by atoms with Gasteiger partial charge in [-0.15, -0.1) is 0 Å². The first-order valence-corrected chi connectivity index (χ1v) is 4.98. The summed E-state index contributed by atoms with van der Waals surface area (Å²) in [6.07, 6.45) is 2.13. The minimum Gasteiger partial charge on any atom is -0.398 e. The number of nitrogens with one attached hydrogen (secondary N) is 1. The van der Waals surface area contributed by atoms with Crippen molar-refractivity contribution in [2.45, 2.75) is 25.8 Å². The topological polar surface area (TPSA) is 38.0 Å². The number of hydrogen-bond acceptors (Lipinski definition) is 2. The lowest BCUT2D eigenvalue weighted by atomic mass is 10.0. The van der Waals surface area contributed by atoms with Crippen molar-refractivity contribution in [1.29, 1.82) is 0 Å². The highest BCUT2D eigenvalue weighted by molar-refractivity contribution is 5.49. The number of nitrogens with two attached hydrogens (primary N) is 1. The minimum atomic E-state index is -0.149.